The van der Waals surface area contributed by atoms with Crippen molar-refractivity contribution in [1.82, 2.24) is 14.3 Å². The molecule has 0 saturated heterocycles. The highest BCUT2D eigenvalue weighted by Gasteiger charge is 2.19. The number of hydrogen-bond acceptors (Lipinski definition) is 3. The second kappa shape index (κ2) is 6.59. The van der Waals surface area contributed by atoms with E-state index in [1.165, 1.54) is 36.0 Å². The van der Waals surface area contributed by atoms with Crippen LogP contribution in [0.2, 0.25) is 5.02 Å². The van der Waals surface area contributed by atoms with Crippen molar-refractivity contribution in [2.24, 2.45) is 7.05 Å². The summed E-state index contributed by atoms with van der Waals surface area (Å²) in [6.45, 7) is 0. The van der Waals surface area contributed by atoms with Crippen LogP contribution in [0.15, 0.2) is 53.5 Å². The van der Waals surface area contributed by atoms with Gasteiger partial charge in [-0.25, -0.2) is 13.5 Å². The Labute approximate surface area is 162 Å². The van der Waals surface area contributed by atoms with Gasteiger partial charge in [0.1, 0.15) is 11.3 Å². The van der Waals surface area contributed by atoms with E-state index in [9.17, 15) is 13.6 Å². The number of halogens is 3. The lowest BCUT2D eigenvalue weighted by Gasteiger charge is -2.11. The van der Waals surface area contributed by atoms with Crippen molar-refractivity contribution in [1.29, 1.82) is 5.26 Å². The highest BCUT2D eigenvalue weighted by atomic mass is 35.5. The molecule has 0 aliphatic carbocycles. The first-order valence-corrected chi connectivity index (χ1v) is 8.52. The smallest absolute Gasteiger partial charge is 0.259 e. The highest BCUT2D eigenvalue weighted by Crippen LogP contribution is 2.29. The first-order valence-electron chi connectivity index (χ1n) is 8.14. The largest absolute Gasteiger partial charge is 0.295 e. The number of rotatable bonds is 2. The van der Waals surface area contributed by atoms with Crippen molar-refractivity contribution in [3.8, 4) is 22.9 Å². The third-order valence-electron chi connectivity index (χ3n) is 4.46. The van der Waals surface area contributed by atoms with Gasteiger partial charge in [-0.3, -0.25) is 9.36 Å². The van der Waals surface area contributed by atoms with Crippen LogP contribution in [0.4, 0.5) is 8.78 Å². The van der Waals surface area contributed by atoms with Gasteiger partial charge in [0.2, 0.25) is 0 Å². The minimum atomic E-state index is -0.800. The van der Waals surface area contributed by atoms with Crippen LogP contribution in [0.1, 0.15) is 5.56 Å². The second-order valence-electron chi connectivity index (χ2n) is 6.13. The number of nitrogens with zero attached hydrogens (tertiary/aromatic N) is 4. The van der Waals surface area contributed by atoms with E-state index in [4.69, 9.17) is 16.9 Å². The molecule has 0 aliphatic rings. The summed E-state index contributed by atoms with van der Waals surface area (Å²) in [7, 11) is 1.48. The molecule has 138 valence electrons. The van der Waals surface area contributed by atoms with E-state index in [0.717, 1.165) is 16.8 Å². The molecule has 0 N–H and O–H groups in total. The number of pyridine rings is 1. The lowest BCUT2D eigenvalue weighted by Crippen LogP contribution is -2.21. The van der Waals surface area contributed by atoms with Crippen molar-refractivity contribution in [2.45, 2.75) is 0 Å². The van der Waals surface area contributed by atoms with E-state index in [1.54, 1.807) is 12.1 Å². The highest BCUT2D eigenvalue weighted by molar-refractivity contribution is 6.33. The fourth-order valence-corrected chi connectivity index (χ4v) is 3.35. The maximum atomic E-state index is 14.2. The minimum Gasteiger partial charge on any atom is -0.295 e. The first-order chi connectivity index (χ1) is 13.4. The van der Waals surface area contributed by atoms with Crippen LogP contribution in [0.5, 0.6) is 0 Å². The molecule has 0 atom stereocenters. The fourth-order valence-electron chi connectivity index (χ4n) is 3.14. The quantitative estimate of drug-likeness (QED) is 0.510. The van der Waals surface area contributed by atoms with Crippen molar-refractivity contribution < 1.29 is 8.78 Å². The van der Waals surface area contributed by atoms with Gasteiger partial charge in [-0.1, -0.05) is 17.7 Å². The van der Waals surface area contributed by atoms with E-state index in [2.05, 4.69) is 5.10 Å². The fraction of sp³-hybridized carbons (Fsp3) is 0.0500. The maximum absolute atomic E-state index is 14.2. The third-order valence-corrected chi connectivity index (χ3v) is 4.79. The molecule has 5 nitrogen and oxygen atoms in total. The third kappa shape index (κ3) is 2.66. The van der Waals surface area contributed by atoms with Gasteiger partial charge < -0.3 is 0 Å². The molecule has 0 unspecified atom stereocenters. The summed E-state index contributed by atoms with van der Waals surface area (Å²) < 4.78 is 30.7. The van der Waals surface area contributed by atoms with Gasteiger partial charge in [0.05, 0.1) is 17.8 Å². The van der Waals surface area contributed by atoms with Gasteiger partial charge in [-0.15, -0.1) is 0 Å². The molecule has 0 bridgehead atoms. The molecule has 0 radical (unpaired) electrons. The molecule has 8 heteroatoms. The zero-order chi connectivity index (χ0) is 20.0. The Morgan fingerprint density at radius 3 is 2.50 bits per heavy atom. The zero-order valence-corrected chi connectivity index (χ0v) is 15.2. The number of para-hydroxylation sites is 1. The number of benzene rings is 2. The maximum Gasteiger partial charge on any atom is 0.259 e. The monoisotopic (exact) mass is 396 g/mol. The van der Waals surface area contributed by atoms with Gasteiger partial charge in [-0.2, -0.15) is 10.4 Å². The second-order valence-corrected chi connectivity index (χ2v) is 6.54. The molecule has 2 aromatic carbocycles. The first kappa shape index (κ1) is 17.9. The number of fused-ring (bicyclic) bond motifs is 1. The number of aryl methyl sites for hydroxylation is 1. The molecule has 2 aromatic heterocycles. The molecule has 2 heterocycles. The van der Waals surface area contributed by atoms with Crippen molar-refractivity contribution in [3.63, 3.8) is 0 Å². The molecule has 0 saturated carbocycles. The van der Waals surface area contributed by atoms with E-state index in [1.807, 2.05) is 6.07 Å². The molecular formula is C20H11ClF2N4O. The molecule has 4 rings (SSSR count). The standard InChI is InChI=1S/C20H11ClF2N4O/c1-26-19-12(10-25-27(19)18-16(22)3-2-4-17(18)23)8-14(20(26)28)13-7-11(9-24)5-6-15(13)21/h2-8,10H,1H3. The predicted octanol–water partition coefficient (Wildman–Crippen LogP) is 4.19. The molecule has 0 aliphatic heterocycles. The van der Waals surface area contributed by atoms with Crippen molar-refractivity contribution >= 4 is 22.6 Å². The normalized spacial score (nSPS) is 11.0. The molecule has 0 spiro atoms. The van der Waals surface area contributed by atoms with Gasteiger partial charge in [0, 0.05) is 28.6 Å². The average molecular weight is 397 g/mol. The minimum absolute atomic E-state index is 0.227. The molecule has 28 heavy (non-hydrogen) atoms. The lowest BCUT2D eigenvalue weighted by molar-refractivity contribution is 0.561. The number of aromatic nitrogens is 3. The van der Waals surface area contributed by atoms with E-state index >= 15 is 0 Å². The predicted molar refractivity (Wildman–Crippen MR) is 101 cm³/mol. The summed E-state index contributed by atoms with van der Waals surface area (Å²) in [6, 6.07) is 11.6. The number of nitriles is 1. The summed E-state index contributed by atoms with van der Waals surface area (Å²) in [4.78, 5) is 13.0. The van der Waals surface area contributed by atoms with E-state index in [-0.39, 0.29) is 16.9 Å². The SMILES string of the molecule is Cn1c(=O)c(-c2cc(C#N)ccc2Cl)cc2cnn(-c3c(F)cccc3F)c21. The van der Waals surface area contributed by atoms with Crippen LogP contribution in [0, 0.1) is 23.0 Å². The summed E-state index contributed by atoms with van der Waals surface area (Å²) >= 11 is 6.23. The Hall–Kier alpha value is -3.50. The number of hydrogen-bond donors (Lipinski definition) is 0. The summed E-state index contributed by atoms with van der Waals surface area (Å²) in [5.41, 5.74) is 0.419. The van der Waals surface area contributed by atoms with Crippen LogP contribution in [-0.4, -0.2) is 14.3 Å². The van der Waals surface area contributed by atoms with E-state index < -0.39 is 17.2 Å². The van der Waals surface area contributed by atoms with Crippen LogP contribution in [0.25, 0.3) is 27.8 Å². The van der Waals surface area contributed by atoms with Crippen LogP contribution in [-0.2, 0) is 7.05 Å². The van der Waals surface area contributed by atoms with Crippen molar-refractivity contribution in [2.75, 3.05) is 0 Å². The molecular weight excluding hydrogens is 386 g/mol. The van der Waals surface area contributed by atoms with Crippen LogP contribution >= 0.6 is 11.6 Å². The lowest BCUT2D eigenvalue weighted by atomic mass is 10.0. The topological polar surface area (TPSA) is 63.6 Å². The van der Waals surface area contributed by atoms with Gasteiger partial charge in [0.15, 0.2) is 11.6 Å². The van der Waals surface area contributed by atoms with Crippen LogP contribution < -0.4 is 5.56 Å². The van der Waals surface area contributed by atoms with Crippen molar-refractivity contribution in [3.05, 3.63) is 81.2 Å². The summed E-state index contributed by atoms with van der Waals surface area (Å²) in [5, 5.41) is 14.0. The Morgan fingerprint density at radius 1 is 1.11 bits per heavy atom. The Morgan fingerprint density at radius 2 is 1.82 bits per heavy atom. The molecule has 4 aromatic rings. The van der Waals surface area contributed by atoms with Gasteiger partial charge in [0.25, 0.3) is 5.56 Å². The molecule has 0 fully saturated rings. The zero-order valence-electron chi connectivity index (χ0n) is 14.4. The Bertz CT molecular complexity index is 1330. The van der Waals surface area contributed by atoms with Gasteiger partial charge >= 0.3 is 0 Å². The molecule has 0 amide bonds. The summed E-state index contributed by atoms with van der Waals surface area (Å²) in [6.07, 6.45) is 1.41. The van der Waals surface area contributed by atoms with E-state index in [0.29, 0.717) is 21.5 Å². The van der Waals surface area contributed by atoms with Gasteiger partial charge in [-0.05, 0) is 36.4 Å². The summed E-state index contributed by atoms with van der Waals surface area (Å²) in [5.74, 6) is -1.60. The Kier molecular flexibility index (Phi) is 4.21. The Balaban J connectivity index is 2.03. The average Bonchev–Trinajstić information content (AvgIpc) is 3.09. The van der Waals surface area contributed by atoms with Crippen LogP contribution in [0.3, 0.4) is 0 Å².